The van der Waals surface area contributed by atoms with Gasteiger partial charge in [0.15, 0.2) is 0 Å². The second-order valence-corrected chi connectivity index (χ2v) is 8.59. The second kappa shape index (κ2) is 8.75. The van der Waals surface area contributed by atoms with Crippen LogP contribution in [0.5, 0.6) is 11.5 Å². The molecule has 0 amide bonds. The quantitative estimate of drug-likeness (QED) is 0.517. The van der Waals surface area contributed by atoms with Gasteiger partial charge in [0, 0.05) is 17.7 Å². The Hall–Kier alpha value is -2.79. The Balaban J connectivity index is 1.33. The highest BCUT2D eigenvalue weighted by Gasteiger charge is 2.24. The lowest BCUT2D eigenvalue weighted by Crippen LogP contribution is -2.21. The van der Waals surface area contributed by atoms with E-state index in [0.717, 1.165) is 55.3 Å². The Morgan fingerprint density at radius 2 is 1.74 bits per heavy atom. The summed E-state index contributed by atoms with van der Waals surface area (Å²) >= 11 is 0. The smallest absolute Gasteiger partial charge is 0.119 e. The Labute approximate surface area is 184 Å². The Morgan fingerprint density at radius 1 is 0.968 bits per heavy atom. The SMILES string of the molecule is COc1ccc2c(c1)CCc1c(C)nn(-c3ccc(OCCCN4CCCC4)cc3)c1-2. The summed E-state index contributed by atoms with van der Waals surface area (Å²) in [5, 5.41) is 4.89. The second-order valence-electron chi connectivity index (χ2n) is 8.59. The minimum absolute atomic E-state index is 0.765. The van der Waals surface area contributed by atoms with E-state index in [9.17, 15) is 0 Å². The largest absolute Gasteiger partial charge is 0.497 e. The lowest BCUT2D eigenvalue weighted by molar-refractivity contribution is 0.263. The first-order valence-corrected chi connectivity index (χ1v) is 11.4. The van der Waals surface area contributed by atoms with Gasteiger partial charge in [0.05, 0.1) is 30.8 Å². The third-order valence-electron chi connectivity index (χ3n) is 6.56. The van der Waals surface area contributed by atoms with Crippen molar-refractivity contribution in [2.45, 2.75) is 39.0 Å². The standard InChI is InChI=1S/C26H31N3O2/c1-19-24-12-6-20-18-23(30-2)11-13-25(20)26(24)29(27-19)21-7-9-22(10-8-21)31-17-5-16-28-14-3-4-15-28/h7-11,13,18H,3-6,12,14-17H2,1-2H3. The van der Waals surface area contributed by atoms with E-state index in [2.05, 4.69) is 52.9 Å². The number of benzene rings is 2. The molecule has 1 aliphatic carbocycles. The number of ether oxygens (including phenoxy) is 2. The van der Waals surface area contributed by atoms with Crippen molar-refractivity contribution in [3.8, 4) is 28.4 Å². The van der Waals surface area contributed by atoms with Crippen LogP contribution in [0.1, 0.15) is 36.1 Å². The third kappa shape index (κ3) is 4.07. The molecule has 5 rings (SSSR count). The lowest BCUT2D eigenvalue weighted by Gasteiger charge is -2.19. The molecule has 31 heavy (non-hydrogen) atoms. The van der Waals surface area contributed by atoms with Crippen LogP contribution in [0.25, 0.3) is 16.9 Å². The van der Waals surface area contributed by atoms with Crippen LogP contribution in [0.4, 0.5) is 0 Å². The first-order valence-electron chi connectivity index (χ1n) is 11.4. The fraction of sp³-hybridized carbons (Fsp3) is 0.423. The zero-order valence-electron chi connectivity index (χ0n) is 18.6. The number of hydrogen-bond acceptors (Lipinski definition) is 4. The molecule has 5 nitrogen and oxygen atoms in total. The lowest BCUT2D eigenvalue weighted by atomic mass is 9.89. The van der Waals surface area contributed by atoms with Crippen LogP contribution in [-0.2, 0) is 12.8 Å². The van der Waals surface area contributed by atoms with E-state index in [1.54, 1.807) is 7.11 Å². The molecule has 0 atom stereocenters. The van der Waals surface area contributed by atoms with E-state index >= 15 is 0 Å². The predicted octanol–water partition coefficient (Wildman–Crippen LogP) is 4.82. The number of methoxy groups -OCH3 is 1. The van der Waals surface area contributed by atoms with Crippen LogP contribution in [0.15, 0.2) is 42.5 Å². The van der Waals surface area contributed by atoms with Crippen molar-refractivity contribution in [1.29, 1.82) is 0 Å². The van der Waals surface area contributed by atoms with Gasteiger partial charge in [-0.15, -0.1) is 0 Å². The zero-order valence-corrected chi connectivity index (χ0v) is 18.6. The Morgan fingerprint density at radius 3 is 2.52 bits per heavy atom. The number of hydrogen-bond donors (Lipinski definition) is 0. The van der Waals surface area contributed by atoms with E-state index < -0.39 is 0 Å². The van der Waals surface area contributed by atoms with Crippen molar-refractivity contribution in [3.05, 3.63) is 59.3 Å². The summed E-state index contributed by atoms with van der Waals surface area (Å²) < 4.78 is 13.5. The minimum Gasteiger partial charge on any atom is -0.497 e. The Kier molecular flexibility index (Phi) is 5.68. The van der Waals surface area contributed by atoms with Gasteiger partial charge in [-0.1, -0.05) is 0 Å². The zero-order chi connectivity index (χ0) is 21.2. The first kappa shape index (κ1) is 20.1. The topological polar surface area (TPSA) is 39.5 Å². The molecule has 1 fully saturated rings. The van der Waals surface area contributed by atoms with Crippen molar-refractivity contribution in [2.24, 2.45) is 0 Å². The molecule has 0 spiro atoms. The van der Waals surface area contributed by atoms with Crippen molar-refractivity contribution >= 4 is 0 Å². The van der Waals surface area contributed by atoms with E-state index in [0.29, 0.717) is 0 Å². The van der Waals surface area contributed by atoms with Gasteiger partial charge in [0.2, 0.25) is 0 Å². The average molecular weight is 418 g/mol. The molecule has 1 saturated heterocycles. The molecule has 0 radical (unpaired) electrons. The van der Waals surface area contributed by atoms with Gasteiger partial charge in [-0.3, -0.25) is 0 Å². The predicted molar refractivity (Wildman–Crippen MR) is 123 cm³/mol. The fourth-order valence-corrected chi connectivity index (χ4v) is 4.88. The van der Waals surface area contributed by atoms with Crippen LogP contribution in [-0.4, -0.2) is 48.0 Å². The third-order valence-corrected chi connectivity index (χ3v) is 6.56. The highest BCUT2D eigenvalue weighted by Crippen LogP contribution is 2.38. The molecule has 2 aliphatic rings. The van der Waals surface area contributed by atoms with Crippen molar-refractivity contribution in [2.75, 3.05) is 33.4 Å². The molecule has 2 aromatic carbocycles. The molecule has 1 aromatic heterocycles. The summed E-state index contributed by atoms with van der Waals surface area (Å²) in [6.07, 6.45) is 5.80. The van der Waals surface area contributed by atoms with Crippen molar-refractivity contribution < 1.29 is 9.47 Å². The normalized spacial score (nSPS) is 15.5. The van der Waals surface area contributed by atoms with E-state index in [1.165, 1.54) is 48.3 Å². The van der Waals surface area contributed by atoms with Gasteiger partial charge in [0.25, 0.3) is 0 Å². The summed E-state index contributed by atoms with van der Waals surface area (Å²) in [7, 11) is 1.72. The molecule has 0 saturated carbocycles. The number of likely N-dealkylation sites (tertiary alicyclic amines) is 1. The summed E-state index contributed by atoms with van der Waals surface area (Å²) in [5.74, 6) is 1.84. The highest BCUT2D eigenvalue weighted by molar-refractivity contribution is 5.73. The van der Waals surface area contributed by atoms with Gasteiger partial charge >= 0.3 is 0 Å². The summed E-state index contributed by atoms with van der Waals surface area (Å²) in [5.41, 5.74) is 7.31. The van der Waals surface area contributed by atoms with Crippen LogP contribution < -0.4 is 9.47 Å². The highest BCUT2D eigenvalue weighted by atomic mass is 16.5. The number of aromatic nitrogens is 2. The van der Waals surface area contributed by atoms with Crippen molar-refractivity contribution in [3.63, 3.8) is 0 Å². The molecular formula is C26H31N3O2. The molecule has 0 unspecified atom stereocenters. The van der Waals surface area contributed by atoms with Gasteiger partial charge in [0.1, 0.15) is 11.5 Å². The summed E-state index contributed by atoms with van der Waals surface area (Å²) in [6.45, 7) is 6.51. The van der Waals surface area contributed by atoms with Gasteiger partial charge in [-0.05, 0) is 100 Å². The number of nitrogens with zero attached hydrogens (tertiary/aromatic N) is 3. The molecule has 2 heterocycles. The average Bonchev–Trinajstić information content (AvgIpc) is 3.45. The fourth-order valence-electron chi connectivity index (χ4n) is 4.88. The van der Waals surface area contributed by atoms with Crippen molar-refractivity contribution in [1.82, 2.24) is 14.7 Å². The van der Waals surface area contributed by atoms with E-state index in [4.69, 9.17) is 14.6 Å². The number of fused-ring (bicyclic) bond motifs is 3. The van der Waals surface area contributed by atoms with Crippen LogP contribution in [0.3, 0.4) is 0 Å². The molecule has 3 aromatic rings. The molecule has 162 valence electrons. The maximum Gasteiger partial charge on any atom is 0.119 e. The van der Waals surface area contributed by atoms with Crippen LogP contribution in [0.2, 0.25) is 0 Å². The Bertz CT molecular complexity index is 1050. The molecular weight excluding hydrogens is 386 g/mol. The van der Waals surface area contributed by atoms with Gasteiger partial charge in [-0.25, -0.2) is 4.68 Å². The van der Waals surface area contributed by atoms with Crippen LogP contribution >= 0.6 is 0 Å². The first-order chi connectivity index (χ1) is 15.2. The van der Waals surface area contributed by atoms with Gasteiger partial charge < -0.3 is 14.4 Å². The number of aryl methyl sites for hydroxylation is 2. The molecule has 1 aliphatic heterocycles. The minimum atomic E-state index is 0.765. The number of rotatable bonds is 7. The van der Waals surface area contributed by atoms with Gasteiger partial charge in [-0.2, -0.15) is 5.10 Å². The summed E-state index contributed by atoms with van der Waals surface area (Å²) in [4.78, 5) is 2.53. The maximum absolute atomic E-state index is 5.99. The molecule has 0 bridgehead atoms. The van der Waals surface area contributed by atoms with E-state index in [1.807, 2.05) is 6.07 Å². The van der Waals surface area contributed by atoms with E-state index in [-0.39, 0.29) is 0 Å². The molecule has 5 heteroatoms. The van der Waals surface area contributed by atoms with Crippen LogP contribution in [0, 0.1) is 6.92 Å². The summed E-state index contributed by atoms with van der Waals surface area (Å²) in [6, 6.07) is 14.7. The monoisotopic (exact) mass is 417 g/mol. The molecule has 0 N–H and O–H groups in total. The maximum atomic E-state index is 5.99.